The quantitative estimate of drug-likeness (QED) is 0.589. The van der Waals surface area contributed by atoms with Gasteiger partial charge in [-0.3, -0.25) is 0 Å². The lowest BCUT2D eigenvalue weighted by Crippen LogP contribution is -2.28. The van der Waals surface area contributed by atoms with Gasteiger partial charge in [-0.15, -0.1) is 0 Å². The van der Waals surface area contributed by atoms with Crippen LogP contribution in [0.25, 0.3) is 0 Å². The Morgan fingerprint density at radius 2 is 1.88 bits per heavy atom. The van der Waals surface area contributed by atoms with E-state index in [1.165, 1.54) is 16.7 Å². The van der Waals surface area contributed by atoms with E-state index in [2.05, 4.69) is 83.6 Å². The fourth-order valence-electron chi connectivity index (χ4n) is 4.16. The molecule has 24 heavy (non-hydrogen) atoms. The standard InChI is InChI=1S/C22H33OP/c1-16-8-7-11-21(3,4)19(16)9-12-24-13-10-20-17(2)14-18(23)15-22(20,5)6/h7-13,18-19,23-24H,14-15H2,1-6H3/b12-9+,13-10+. The molecule has 2 aliphatic rings. The molecule has 0 aromatic carbocycles. The predicted molar refractivity (Wildman–Crippen MR) is 108 cm³/mol. The van der Waals surface area contributed by atoms with Crippen LogP contribution in [0, 0.1) is 16.7 Å². The van der Waals surface area contributed by atoms with Crippen LogP contribution in [-0.4, -0.2) is 11.2 Å². The number of rotatable bonds is 4. The van der Waals surface area contributed by atoms with Gasteiger partial charge in [0.05, 0.1) is 6.10 Å². The third-order valence-corrected chi connectivity index (χ3v) is 6.13. The van der Waals surface area contributed by atoms with Gasteiger partial charge in [-0.1, -0.05) is 89.4 Å². The zero-order valence-electron chi connectivity index (χ0n) is 16.1. The molecule has 0 saturated carbocycles. The van der Waals surface area contributed by atoms with Gasteiger partial charge in [-0.25, -0.2) is 0 Å². The SMILES string of the molecule is CC1=CC=CC(C)(C)C1/C=C/P/C=C/C1=C(C)CC(O)CC1(C)C. The molecule has 0 amide bonds. The van der Waals surface area contributed by atoms with Crippen molar-refractivity contribution in [3.63, 3.8) is 0 Å². The first-order chi connectivity index (χ1) is 11.1. The van der Waals surface area contributed by atoms with Gasteiger partial charge >= 0.3 is 0 Å². The summed E-state index contributed by atoms with van der Waals surface area (Å²) in [6.07, 6.45) is 12.9. The molecule has 0 aliphatic heterocycles. The van der Waals surface area contributed by atoms with Crippen molar-refractivity contribution in [1.29, 1.82) is 0 Å². The maximum atomic E-state index is 9.98. The summed E-state index contributed by atoms with van der Waals surface area (Å²) in [6.45, 7) is 13.5. The summed E-state index contributed by atoms with van der Waals surface area (Å²) in [6, 6.07) is 0. The number of aliphatic hydroxyl groups excluding tert-OH is 1. The second-order valence-corrected chi connectivity index (χ2v) is 9.57. The van der Waals surface area contributed by atoms with Gasteiger partial charge in [0.1, 0.15) is 0 Å². The Labute approximate surface area is 150 Å². The minimum absolute atomic E-state index is 0.0714. The van der Waals surface area contributed by atoms with Gasteiger partial charge in [0, 0.05) is 5.92 Å². The van der Waals surface area contributed by atoms with Crippen molar-refractivity contribution in [2.45, 2.75) is 60.5 Å². The molecule has 0 radical (unpaired) electrons. The highest BCUT2D eigenvalue weighted by atomic mass is 31.1. The second-order valence-electron chi connectivity index (χ2n) is 8.57. The first-order valence-corrected chi connectivity index (χ1v) is 10.1. The fourth-order valence-corrected chi connectivity index (χ4v) is 4.84. The topological polar surface area (TPSA) is 20.2 Å². The molecule has 1 N–H and O–H groups in total. The van der Waals surface area contributed by atoms with E-state index >= 15 is 0 Å². The molecule has 0 heterocycles. The first-order valence-electron chi connectivity index (χ1n) is 8.97. The molecular weight excluding hydrogens is 311 g/mol. The van der Waals surface area contributed by atoms with Crippen LogP contribution in [0.1, 0.15) is 54.4 Å². The van der Waals surface area contributed by atoms with Crippen LogP contribution in [-0.2, 0) is 0 Å². The fraction of sp³-hybridized carbons (Fsp3) is 0.545. The summed E-state index contributed by atoms with van der Waals surface area (Å²) >= 11 is 0. The van der Waals surface area contributed by atoms with Crippen molar-refractivity contribution in [2.75, 3.05) is 0 Å². The average Bonchev–Trinajstić information content (AvgIpc) is 2.42. The number of allylic oxidation sites excluding steroid dienone is 7. The molecule has 0 fully saturated rings. The van der Waals surface area contributed by atoms with Crippen LogP contribution >= 0.6 is 8.58 Å². The van der Waals surface area contributed by atoms with E-state index in [1.54, 1.807) is 0 Å². The first kappa shape index (κ1) is 19.4. The predicted octanol–water partition coefficient (Wildman–Crippen LogP) is 6.35. The van der Waals surface area contributed by atoms with E-state index in [0.717, 1.165) is 12.8 Å². The van der Waals surface area contributed by atoms with Crippen LogP contribution in [0.4, 0.5) is 0 Å². The third kappa shape index (κ3) is 4.58. The largest absolute Gasteiger partial charge is 0.393 e. The van der Waals surface area contributed by atoms with Crippen LogP contribution in [0.5, 0.6) is 0 Å². The van der Waals surface area contributed by atoms with Crippen LogP contribution in [0.15, 0.2) is 58.7 Å². The summed E-state index contributed by atoms with van der Waals surface area (Å²) in [4.78, 5) is 0. The lowest BCUT2D eigenvalue weighted by Gasteiger charge is -2.35. The van der Waals surface area contributed by atoms with Crippen molar-refractivity contribution < 1.29 is 5.11 Å². The summed E-state index contributed by atoms with van der Waals surface area (Å²) in [5, 5.41) is 9.98. The lowest BCUT2D eigenvalue weighted by atomic mass is 9.72. The zero-order valence-corrected chi connectivity index (χ0v) is 17.1. The van der Waals surface area contributed by atoms with Gasteiger partial charge in [-0.05, 0) is 43.1 Å². The number of aliphatic hydroxyl groups is 1. The molecule has 0 aromatic rings. The molecule has 132 valence electrons. The van der Waals surface area contributed by atoms with Gasteiger partial charge in [-0.2, -0.15) is 0 Å². The summed E-state index contributed by atoms with van der Waals surface area (Å²) < 4.78 is 0. The van der Waals surface area contributed by atoms with Crippen molar-refractivity contribution in [3.8, 4) is 0 Å². The van der Waals surface area contributed by atoms with Crippen molar-refractivity contribution in [2.24, 2.45) is 16.7 Å². The van der Waals surface area contributed by atoms with E-state index in [1.807, 2.05) is 0 Å². The molecule has 2 rings (SSSR count). The Morgan fingerprint density at radius 3 is 2.50 bits per heavy atom. The molecule has 0 bridgehead atoms. The Kier molecular flexibility index (Phi) is 6.10. The molecule has 3 atom stereocenters. The molecule has 0 saturated heterocycles. The number of hydrogen-bond donors (Lipinski definition) is 1. The normalized spacial score (nSPS) is 30.0. The minimum atomic E-state index is -0.184. The van der Waals surface area contributed by atoms with Crippen LogP contribution < -0.4 is 0 Å². The molecule has 3 unspecified atom stereocenters. The highest BCUT2D eigenvalue weighted by Gasteiger charge is 2.31. The molecule has 2 heteroatoms. The molecule has 1 nitrogen and oxygen atoms in total. The van der Waals surface area contributed by atoms with Crippen LogP contribution in [0.2, 0.25) is 0 Å². The van der Waals surface area contributed by atoms with Gasteiger partial charge in [0.15, 0.2) is 0 Å². The second kappa shape index (κ2) is 7.54. The van der Waals surface area contributed by atoms with E-state index in [0.29, 0.717) is 14.5 Å². The minimum Gasteiger partial charge on any atom is -0.393 e. The number of hydrogen-bond acceptors (Lipinski definition) is 1. The molecule has 2 aliphatic carbocycles. The van der Waals surface area contributed by atoms with Crippen molar-refractivity contribution >= 4 is 8.58 Å². The summed E-state index contributed by atoms with van der Waals surface area (Å²) in [5.41, 5.74) is 4.45. The van der Waals surface area contributed by atoms with Gasteiger partial charge < -0.3 is 5.11 Å². The average molecular weight is 344 g/mol. The summed E-state index contributed by atoms with van der Waals surface area (Å²) in [5.74, 6) is 5.10. The van der Waals surface area contributed by atoms with Crippen LogP contribution in [0.3, 0.4) is 0 Å². The summed E-state index contributed by atoms with van der Waals surface area (Å²) in [7, 11) is 0.697. The van der Waals surface area contributed by atoms with Crippen molar-refractivity contribution in [3.05, 3.63) is 58.7 Å². The Hall–Kier alpha value is -0.910. The lowest BCUT2D eigenvalue weighted by molar-refractivity contribution is 0.116. The van der Waals surface area contributed by atoms with E-state index in [4.69, 9.17) is 0 Å². The molecule has 0 spiro atoms. The monoisotopic (exact) mass is 344 g/mol. The van der Waals surface area contributed by atoms with Gasteiger partial charge in [0.25, 0.3) is 0 Å². The Morgan fingerprint density at radius 1 is 1.17 bits per heavy atom. The van der Waals surface area contributed by atoms with Gasteiger partial charge in [0.2, 0.25) is 0 Å². The third-order valence-electron chi connectivity index (χ3n) is 5.38. The highest BCUT2D eigenvalue weighted by molar-refractivity contribution is 7.45. The zero-order chi connectivity index (χ0) is 18.0. The maximum Gasteiger partial charge on any atom is 0.0585 e. The van der Waals surface area contributed by atoms with Crippen molar-refractivity contribution in [1.82, 2.24) is 0 Å². The van der Waals surface area contributed by atoms with E-state index < -0.39 is 0 Å². The smallest absolute Gasteiger partial charge is 0.0585 e. The van der Waals surface area contributed by atoms with E-state index in [9.17, 15) is 5.11 Å². The van der Waals surface area contributed by atoms with E-state index in [-0.39, 0.29) is 16.9 Å². The Bertz CT molecular complexity index is 614. The maximum absolute atomic E-state index is 9.98. The molecular formula is C22H33OP. The highest BCUT2D eigenvalue weighted by Crippen LogP contribution is 2.42. The Balaban J connectivity index is 2.01. The molecule has 0 aromatic heterocycles.